The van der Waals surface area contributed by atoms with E-state index < -0.39 is 0 Å². The van der Waals surface area contributed by atoms with Crippen LogP contribution < -0.4 is 5.32 Å². The van der Waals surface area contributed by atoms with E-state index in [1.165, 1.54) is 24.0 Å². The molecule has 1 N–H and O–H groups in total. The van der Waals surface area contributed by atoms with E-state index in [4.69, 9.17) is 11.6 Å². The zero-order chi connectivity index (χ0) is 12.3. The Kier molecular flexibility index (Phi) is 4.43. The molecule has 0 radical (unpaired) electrons. The molecule has 94 valence electrons. The molecule has 1 aromatic carbocycles. The van der Waals surface area contributed by atoms with Crippen molar-refractivity contribution in [1.29, 1.82) is 0 Å². The van der Waals surface area contributed by atoms with E-state index >= 15 is 0 Å². The molecule has 3 heteroatoms. The van der Waals surface area contributed by atoms with E-state index in [9.17, 15) is 0 Å². The monoisotopic (exact) mass is 252 g/mol. The van der Waals surface area contributed by atoms with Crippen molar-refractivity contribution in [2.24, 2.45) is 0 Å². The molecule has 0 spiro atoms. The van der Waals surface area contributed by atoms with Crippen LogP contribution in [-0.4, -0.2) is 31.1 Å². The van der Waals surface area contributed by atoms with Gasteiger partial charge >= 0.3 is 0 Å². The van der Waals surface area contributed by atoms with Gasteiger partial charge in [0, 0.05) is 17.6 Å². The lowest BCUT2D eigenvalue weighted by atomic mass is 10.0. The first-order valence-electron chi connectivity index (χ1n) is 6.33. The molecule has 1 aromatic rings. The summed E-state index contributed by atoms with van der Waals surface area (Å²) in [7, 11) is 2.05. The number of hydrogen-bond acceptors (Lipinski definition) is 2. The highest BCUT2D eigenvalue weighted by molar-refractivity contribution is 6.31. The molecule has 17 heavy (non-hydrogen) atoms. The number of nitrogens with zero attached hydrogens (tertiary/aromatic N) is 1. The largest absolute Gasteiger partial charge is 0.317 e. The lowest BCUT2D eigenvalue weighted by Crippen LogP contribution is -2.40. The first-order valence-corrected chi connectivity index (χ1v) is 6.71. The van der Waals surface area contributed by atoms with Crippen molar-refractivity contribution in [3.63, 3.8) is 0 Å². The number of rotatable bonds is 3. The highest BCUT2D eigenvalue weighted by atomic mass is 35.5. The van der Waals surface area contributed by atoms with Crippen molar-refractivity contribution in [2.45, 2.75) is 32.4 Å². The maximum Gasteiger partial charge on any atom is 0.0451 e. The third-order valence-electron chi connectivity index (χ3n) is 3.59. The lowest BCUT2D eigenvalue weighted by Gasteiger charge is -2.32. The Morgan fingerprint density at radius 1 is 1.35 bits per heavy atom. The van der Waals surface area contributed by atoms with Gasteiger partial charge in [0.05, 0.1) is 0 Å². The second-order valence-electron chi connectivity index (χ2n) is 4.93. The summed E-state index contributed by atoms with van der Waals surface area (Å²) in [5.74, 6) is 0. The van der Waals surface area contributed by atoms with Crippen LogP contribution in [0.15, 0.2) is 18.2 Å². The predicted octanol–water partition coefficient (Wildman–Crippen LogP) is 2.83. The van der Waals surface area contributed by atoms with Gasteiger partial charge in [-0.2, -0.15) is 0 Å². The van der Waals surface area contributed by atoms with Crippen LogP contribution in [0.4, 0.5) is 0 Å². The summed E-state index contributed by atoms with van der Waals surface area (Å²) in [6, 6.07) is 6.97. The van der Waals surface area contributed by atoms with E-state index in [1.54, 1.807) is 0 Å². The molecule has 0 bridgehead atoms. The van der Waals surface area contributed by atoms with Crippen molar-refractivity contribution in [3.05, 3.63) is 34.3 Å². The van der Waals surface area contributed by atoms with Gasteiger partial charge in [0.15, 0.2) is 0 Å². The number of likely N-dealkylation sites (tertiary alicyclic amines) is 1. The van der Waals surface area contributed by atoms with Crippen LogP contribution in [0.25, 0.3) is 0 Å². The number of hydrogen-bond donors (Lipinski definition) is 1. The molecule has 0 aromatic heterocycles. The number of nitrogens with one attached hydrogen (secondary N) is 1. The summed E-state index contributed by atoms with van der Waals surface area (Å²) < 4.78 is 0. The average Bonchev–Trinajstić information content (AvgIpc) is 2.35. The molecule has 0 saturated carbocycles. The Balaban J connectivity index is 1.95. The summed E-state index contributed by atoms with van der Waals surface area (Å²) in [4.78, 5) is 2.49. The van der Waals surface area contributed by atoms with E-state index in [-0.39, 0.29) is 0 Å². The second-order valence-corrected chi connectivity index (χ2v) is 5.34. The van der Waals surface area contributed by atoms with Crippen LogP contribution in [0.5, 0.6) is 0 Å². The SMILES string of the molecule is CNC1CCN(Cc2cc(C)ccc2Cl)CC1. The Morgan fingerprint density at radius 3 is 2.71 bits per heavy atom. The van der Waals surface area contributed by atoms with Gasteiger partial charge < -0.3 is 5.32 Å². The summed E-state index contributed by atoms with van der Waals surface area (Å²) in [5.41, 5.74) is 2.55. The molecule has 0 unspecified atom stereocenters. The Bertz CT molecular complexity index is 370. The van der Waals surface area contributed by atoms with Gasteiger partial charge in [-0.15, -0.1) is 0 Å². The third-order valence-corrected chi connectivity index (χ3v) is 3.96. The van der Waals surface area contributed by atoms with Gasteiger partial charge in [-0.05, 0) is 51.5 Å². The Labute approximate surface area is 109 Å². The summed E-state index contributed by atoms with van der Waals surface area (Å²) >= 11 is 6.23. The zero-order valence-electron chi connectivity index (χ0n) is 10.7. The van der Waals surface area contributed by atoms with Crippen LogP contribution in [-0.2, 0) is 6.54 Å². The van der Waals surface area contributed by atoms with Crippen molar-refractivity contribution < 1.29 is 0 Å². The summed E-state index contributed by atoms with van der Waals surface area (Å²) in [6.45, 7) is 5.43. The van der Waals surface area contributed by atoms with Crippen LogP contribution in [0.2, 0.25) is 5.02 Å². The van der Waals surface area contributed by atoms with Crippen molar-refractivity contribution in [2.75, 3.05) is 20.1 Å². The molecule has 0 atom stereocenters. The second kappa shape index (κ2) is 5.85. The first-order chi connectivity index (χ1) is 8.19. The average molecular weight is 253 g/mol. The minimum absolute atomic E-state index is 0.694. The molecule has 1 aliphatic heterocycles. The van der Waals surface area contributed by atoms with Crippen molar-refractivity contribution in [1.82, 2.24) is 10.2 Å². The molecular formula is C14H21ClN2. The minimum atomic E-state index is 0.694. The highest BCUT2D eigenvalue weighted by Gasteiger charge is 2.18. The standard InChI is InChI=1S/C14H21ClN2/c1-11-3-4-14(15)12(9-11)10-17-7-5-13(16-2)6-8-17/h3-4,9,13,16H,5-8,10H2,1-2H3. The number of halogens is 1. The maximum atomic E-state index is 6.23. The normalized spacial score (nSPS) is 18.5. The quantitative estimate of drug-likeness (QED) is 0.890. The topological polar surface area (TPSA) is 15.3 Å². The summed E-state index contributed by atoms with van der Waals surface area (Å²) in [5, 5.41) is 4.25. The Morgan fingerprint density at radius 2 is 2.06 bits per heavy atom. The fourth-order valence-electron chi connectivity index (χ4n) is 2.45. The molecule has 1 saturated heterocycles. The van der Waals surface area contributed by atoms with E-state index in [2.05, 4.69) is 36.3 Å². The van der Waals surface area contributed by atoms with E-state index in [0.29, 0.717) is 6.04 Å². The van der Waals surface area contributed by atoms with Gasteiger partial charge in [-0.25, -0.2) is 0 Å². The molecule has 0 amide bonds. The lowest BCUT2D eigenvalue weighted by molar-refractivity contribution is 0.194. The maximum absolute atomic E-state index is 6.23. The van der Waals surface area contributed by atoms with Crippen molar-refractivity contribution >= 4 is 11.6 Å². The zero-order valence-corrected chi connectivity index (χ0v) is 11.4. The van der Waals surface area contributed by atoms with Crippen LogP contribution in [0.1, 0.15) is 24.0 Å². The Hall–Kier alpha value is -0.570. The smallest absolute Gasteiger partial charge is 0.0451 e. The summed E-state index contributed by atoms with van der Waals surface area (Å²) in [6.07, 6.45) is 2.47. The van der Waals surface area contributed by atoms with Crippen LogP contribution in [0, 0.1) is 6.92 Å². The molecule has 1 heterocycles. The van der Waals surface area contributed by atoms with Gasteiger partial charge in [-0.3, -0.25) is 4.90 Å². The number of aryl methyl sites for hydroxylation is 1. The van der Waals surface area contributed by atoms with Gasteiger partial charge in [0.2, 0.25) is 0 Å². The van der Waals surface area contributed by atoms with Gasteiger partial charge in [-0.1, -0.05) is 29.3 Å². The molecule has 1 aliphatic rings. The number of piperidine rings is 1. The number of benzene rings is 1. The van der Waals surface area contributed by atoms with Gasteiger partial charge in [0.1, 0.15) is 0 Å². The predicted molar refractivity (Wildman–Crippen MR) is 73.5 cm³/mol. The van der Waals surface area contributed by atoms with E-state index in [1.807, 2.05) is 6.07 Å². The third kappa shape index (κ3) is 3.44. The highest BCUT2D eigenvalue weighted by Crippen LogP contribution is 2.21. The molecular weight excluding hydrogens is 232 g/mol. The fraction of sp³-hybridized carbons (Fsp3) is 0.571. The molecule has 1 fully saturated rings. The fourth-order valence-corrected chi connectivity index (χ4v) is 2.62. The molecule has 2 nitrogen and oxygen atoms in total. The first kappa shape index (κ1) is 12.9. The van der Waals surface area contributed by atoms with E-state index in [0.717, 1.165) is 24.7 Å². The van der Waals surface area contributed by atoms with Crippen molar-refractivity contribution in [3.8, 4) is 0 Å². The van der Waals surface area contributed by atoms with Gasteiger partial charge in [0.25, 0.3) is 0 Å². The minimum Gasteiger partial charge on any atom is -0.317 e. The molecule has 0 aliphatic carbocycles. The van der Waals surface area contributed by atoms with Crippen LogP contribution >= 0.6 is 11.6 Å². The van der Waals surface area contributed by atoms with Crippen LogP contribution in [0.3, 0.4) is 0 Å². The molecule has 2 rings (SSSR count).